The summed E-state index contributed by atoms with van der Waals surface area (Å²) >= 11 is 0. The number of aryl methyl sites for hydroxylation is 1. The lowest BCUT2D eigenvalue weighted by Gasteiger charge is -2.39. The van der Waals surface area contributed by atoms with Crippen LogP contribution in [0.3, 0.4) is 0 Å². The number of nitrogens with one attached hydrogen (secondary N) is 2. The van der Waals surface area contributed by atoms with Crippen LogP contribution in [0.1, 0.15) is 106 Å². The van der Waals surface area contributed by atoms with Crippen LogP contribution in [-0.2, 0) is 14.3 Å². The van der Waals surface area contributed by atoms with Gasteiger partial charge in [0.15, 0.2) is 0 Å². The highest BCUT2D eigenvalue weighted by Crippen LogP contribution is 2.29. The summed E-state index contributed by atoms with van der Waals surface area (Å²) in [6.07, 6.45) is 1.44. The van der Waals surface area contributed by atoms with Crippen LogP contribution < -0.4 is 10.6 Å². The lowest BCUT2D eigenvalue weighted by atomic mass is 9.94. The first-order valence-electron chi connectivity index (χ1n) is 13.7. The molecule has 1 aromatic rings. The number of benzene rings is 1. The number of carbonyl (C=O) groups excluding carboxylic acids is 3. The Labute approximate surface area is 225 Å². The van der Waals surface area contributed by atoms with Crippen LogP contribution in [0.2, 0.25) is 0 Å². The van der Waals surface area contributed by atoms with E-state index in [2.05, 4.69) is 24.5 Å². The second kappa shape index (κ2) is 14.4. The van der Waals surface area contributed by atoms with E-state index in [1.165, 1.54) is 0 Å². The first-order valence-corrected chi connectivity index (χ1v) is 13.7. The molecule has 3 unspecified atom stereocenters. The van der Waals surface area contributed by atoms with Crippen LogP contribution in [0.15, 0.2) is 24.3 Å². The number of carbonyl (C=O) groups is 3. The Kier molecular flexibility index (Phi) is 12.6. The molecule has 0 aliphatic heterocycles. The molecule has 3 amide bonds. The summed E-state index contributed by atoms with van der Waals surface area (Å²) in [7, 11) is 0. The number of amides is 3. The van der Waals surface area contributed by atoms with Gasteiger partial charge in [-0.1, -0.05) is 57.5 Å². The zero-order valence-electron chi connectivity index (χ0n) is 25.0. The van der Waals surface area contributed by atoms with E-state index in [0.29, 0.717) is 12.3 Å². The minimum absolute atomic E-state index is 0.0888. The van der Waals surface area contributed by atoms with Crippen molar-refractivity contribution in [3.63, 3.8) is 0 Å². The lowest BCUT2D eigenvalue weighted by molar-refractivity contribution is -0.145. The van der Waals surface area contributed by atoms with Gasteiger partial charge in [-0.05, 0) is 85.1 Å². The fourth-order valence-electron chi connectivity index (χ4n) is 4.28. The smallest absolute Gasteiger partial charge is 0.408 e. The molecule has 0 radical (unpaired) electrons. The Hall–Kier alpha value is -2.57. The quantitative estimate of drug-likeness (QED) is 0.348. The molecule has 0 aliphatic carbocycles. The van der Waals surface area contributed by atoms with E-state index in [9.17, 15) is 14.4 Å². The largest absolute Gasteiger partial charge is 0.444 e. The van der Waals surface area contributed by atoms with Crippen molar-refractivity contribution in [1.82, 2.24) is 15.5 Å². The van der Waals surface area contributed by atoms with Crippen molar-refractivity contribution in [1.29, 1.82) is 0 Å². The van der Waals surface area contributed by atoms with Gasteiger partial charge in [-0.2, -0.15) is 0 Å². The number of alkyl carbamates (subject to hydrolysis) is 1. The van der Waals surface area contributed by atoms with Crippen molar-refractivity contribution in [2.75, 3.05) is 0 Å². The topological polar surface area (TPSA) is 87.7 Å². The van der Waals surface area contributed by atoms with Crippen LogP contribution in [0, 0.1) is 18.8 Å². The summed E-state index contributed by atoms with van der Waals surface area (Å²) in [5.41, 5.74) is 1.07. The minimum Gasteiger partial charge on any atom is -0.444 e. The minimum atomic E-state index is -0.827. The Bertz CT molecular complexity index is 889. The van der Waals surface area contributed by atoms with Gasteiger partial charge in [0.25, 0.3) is 0 Å². The number of hydrogen-bond acceptors (Lipinski definition) is 4. The second-order valence-electron chi connectivity index (χ2n) is 12.4. The molecule has 2 N–H and O–H groups in total. The van der Waals surface area contributed by atoms with E-state index in [1.807, 2.05) is 65.8 Å². The summed E-state index contributed by atoms with van der Waals surface area (Å²) in [5.74, 6) is 0.0819. The average molecular weight is 518 g/mol. The second-order valence-corrected chi connectivity index (χ2v) is 12.4. The predicted molar refractivity (Wildman–Crippen MR) is 150 cm³/mol. The van der Waals surface area contributed by atoms with E-state index in [-0.39, 0.29) is 29.8 Å². The molecule has 7 nitrogen and oxygen atoms in total. The van der Waals surface area contributed by atoms with Crippen LogP contribution in [-0.4, -0.2) is 46.5 Å². The van der Waals surface area contributed by atoms with Gasteiger partial charge in [-0.15, -0.1) is 0 Å². The molecule has 0 heterocycles. The van der Waals surface area contributed by atoms with Gasteiger partial charge in [0.1, 0.15) is 17.7 Å². The Morgan fingerprint density at radius 2 is 1.54 bits per heavy atom. The van der Waals surface area contributed by atoms with Gasteiger partial charge < -0.3 is 20.3 Å². The van der Waals surface area contributed by atoms with Crippen molar-refractivity contribution in [3.05, 3.63) is 35.4 Å². The van der Waals surface area contributed by atoms with Gasteiger partial charge in [0.05, 0.1) is 0 Å². The van der Waals surface area contributed by atoms with Crippen LogP contribution in [0.5, 0.6) is 0 Å². The zero-order valence-corrected chi connectivity index (χ0v) is 25.0. The monoisotopic (exact) mass is 517 g/mol. The molecule has 0 spiro atoms. The maximum absolute atomic E-state index is 14.3. The Balaban J connectivity index is 3.61. The third kappa shape index (κ3) is 11.6. The van der Waals surface area contributed by atoms with E-state index in [0.717, 1.165) is 24.0 Å². The highest BCUT2D eigenvalue weighted by Gasteiger charge is 2.39. The van der Waals surface area contributed by atoms with E-state index < -0.39 is 23.8 Å². The molecule has 1 aromatic carbocycles. The fourth-order valence-corrected chi connectivity index (χ4v) is 4.28. The zero-order chi connectivity index (χ0) is 28.5. The molecule has 7 heteroatoms. The molecule has 210 valence electrons. The first-order chi connectivity index (χ1) is 17.0. The molecule has 3 atom stereocenters. The lowest BCUT2D eigenvalue weighted by Crippen LogP contribution is -2.56. The van der Waals surface area contributed by atoms with E-state index >= 15 is 0 Å². The molecule has 0 bridgehead atoms. The summed E-state index contributed by atoms with van der Waals surface area (Å²) < 4.78 is 5.48. The third-order valence-electron chi connectivity index (χ3n) is 5.90. The highest BCUT2D eigenvalue weighted by molar-refractivity contribution is 5.92. The molecule has 37 heavy (non-hydrogen) atoms. The van der Waals surface area contributed by atoms with Crippen molar-refractivity contribution >= 4 is 17.9 Å². The molecule has 0 fully saturated rings. The summed E-state index contributed by atoms with van der Waals surface area (Å²) in [6.45, 7) is 21.5. The SMILES string of the molecule is Cc1cccc(C(C(=O)NC(C)C)N(C(=O)C(CC(C)C)NC(=O)OC(C)(C)C)C(C)CCC(C)C)c1. The summed E-state index contributed by atoms with van der Waals surface area (Å²) in [6, 6.07) is 5.77. The molecule has 0 saturated carbocycles. The molecule has 1 rings (SSSR count). The molecule has 0 aromatic heterocycles. The molecule has 0 aliphatic rings. The summed E-state index contributed by atoms with van der Waals surface area (Å²) in [5, 5.41) is 5.84. The number of rotatable bonds is 12. The normalized spacial score (nSPS) is 14.3. The Morgan fingerprint density at radius 3 is 2.03 bits per heavy atom. The van der Waals surface area contributed by atoms with Gasteiger partial charge in [-0.3, -0.25) is 9.59 Å². The Morgan fingerprint density at radius 1 is 0.919 bits per heavy atom. The number of hydrogen-bond donors (Lipinski definition) is 2. The standard InChI is InChI=1S/C30H51N3O4/c1-19(2)15-16-23(8)33(26(27(34)31-21(5)6)24-14-12-13-22(7)18-24)28(35)25(17-20(3)4)32-29(36)37-30(9,10)11/h12-14,18-21,23,25-26H,15-17H2,1-11H3,(H,31,34)(H,32,36). The van der Waals surface area contributed by atoms with E-state index in [4.69, 9.17) is 4.74 Å². The van der Waals surface area contributed by atoms with Gasteiger partial charge >= 0.3 is 6.09 Å². The maximum atomic E-state index is 14.3. The predicted octanol–water partition coefficient (Wildman–Crippen LogP) is 6.15. The first kappa shape index (κ1) is 32.5. The highest BCUT2D eigenvalue weighted by atomic mass is 16.6. The van der Waals surface area contributed by atoms with E-state index in [1.54, 1.807) is 25.7 Å². The van der Waals surface area contributed by atoms with Crippen LogP contribution >= 0.6 is 0 Å². The molecule has 0 saturated heterocycles. The van der Waals surface area contributed by atoms with Gasteiger partial charge in [-0.25, -0.2) is 4.79 Å². The maximum Gasteiger partial charge on any atom is 0.408 e. The van der Waals surface area contributed by atoms with Gasteiger partial charge in [0, 0.05) is 12.1 Å². The summed E-state index contributed by atoms with van der Waals surface area (Å²) in [4.78, 5) is 42.5. The van der Waals surface area contributed by atoms with Crippen molar-refractivity contribution in [2.45, 2.75) is 125 Å². The third-order valence-corrected chi connectivity index (χ3v) is 5.90. The number of ether oxygens (including phenoxy) is 1. The van der Waals surface area contributed by atoms with Crippen molar-refractivity contribution < 1.29 is 19.1 Å². The van der Waals surface area contributed by atoms with Crippen LogP contribution in [0.25, 0.3) is 0 Å². The molecular weight excluding hydrogens is 466 g/mol. The van der Waals surface area contributed by atoms with Gasteiger partial charge in [0.2, 0.25) is 11.8 Å². The number of nitrogens with zero attached hydrogens (tertiary/aromatic N) is 1. The van der Waals surface area contributed by atoms with Crippen molar-refractivity contribution in [2.24, 2.45) is 11.8 Å². The fraction of sp³-hybridized carbons (Fsp3) is 0.700. The van der Waals surface area contributed by atoms with Crippen LogP contribution in [0.4, 0.5) is 4.79 Å². The molecular formula is C30H51N3O4. The van der Waals surface area contributed by atoms with Crippen molar-refractivity contribution in [3.8, 4) is 0 Å². The average Bonchev–Trinajstić information content (AvgIpc) is 2.72.